The summed E-state index contributed by atoms with van der Waals surface area (Å²) in [5.41, 5.74) is 2.44. The molecule has 0 aliphatic rings. The van der Waals surface area contributed by atoms with Gasteiger partial charge >= 0.3 is 17.4 Å². The largest absolute Gasteiger partial charge is 0.460 e. The molecule has 3 nitrogen and oxygen atoms in total. The van der Waals surface area contributed by atoms with Crippen LogP contribution in [0.1, 0.15) is 6.92 Å². The van der Waals surface area contributed by atoms with Crippen LogP contribution in [0.25, 0.3) is 0 Å². The highest BCUT2D eigenvalue weighted by Crippen LogP contribution is 2.54. The number of halogens is 9. The molecular formula is C13H15Br2F7N2OS2. The van der Waals surface area contributed by atoms with Gasteiger partial charge in [-0.2, -0.15) is 30.7 Å². The summed E-state index contributed by atoms with van der Waals surface area (Å²) in [6.45, 7) is 2.53. The van der Waals surface area contributed by atoms with Gasteiger partial charge in [0, 0.05) is 42.7 Å². The summed E-state index contributed by atoms with van der Waals surface area (Å²) >= 11 is 4.97. The zero-order valence-corrected chi connectivity index (χ0v) is 18.4. The minimum absolute atomic E-state index is 0.260. The Hall–Kier alpha value is 0.110. The molecule has 1 atom stereocenters. The SMILES string of the molecule is CCS(=O)CCNN.FC(F)(F)C(F)(F)C(F)(F)Sc1cc(Br)cc(Br)c1. The van der Waals surface area contributed by atoms with Crippen molar-refractivity contribution in [1.82, 2.24) is 5.43 Å². The van der Waals surface area contributed by atoms with Gasteiger partial charge in [0.15, 0.2) is 0 Å². The second-order valence-corrected chi connectivity index (χ2v) is 9.57. The summed E-state index contributed by atoms with van der Waals surface area (Å²) in [6, 6.07) is 3.44. The van der Waals surface area contributed by atoms with Crippen molar-refractivity contribution in [2.45, 2.75) is 29.2 Å². The second-order valence-electron chi connectivity index (χ2n) is 4.68. The predicted molar refractivity (Wildman–Crippen MR) is 99.4 cm³/mol. The molecule has 0 aromatic heterocycles. The van der Waals surface area contributed by atoms with Gasteiger partial charge in [0.2, 0.25) is 0 Å². The van der Waals surface area contributed by atoms with Gasteiger partial charge < -0.3 is 0 Å². The maximum absolute atomic E-state index is 13.1. The molecule has 27 heavy (non-hydrogen) atoms. The minimum atomic E-state index is -6.33. The zero-order chi connectivity index (χ0) is 21.5. The number of hydrogen-bond acceptors (Lipinski definition) is 4. The smallest absolute Gasteiger partial charge is 0.271 e. The van der Waals surface area contributed by atoms with E-state index in [1.807, 2.05) is 6.92 Å². The van der Waals surface area contributed by atoms with E-state index in [4.69, 9.17) is 5.84 Å². The molecule has 0 aliphatic heterocycles. The average molecular weight is 572 g/mol. The molecule has 1 rings (SSSR count). The maximum atomic E-state index is 13.1. The standard InChI is InChI=1S/C9H3Br2F7S.C4H12N2OS/c10-4-1-5(11)3-6(2-4)19-9(17,18)7(12,13)8(14,15)16;1-2-8(7)4-3-6-5/h1-3H;6H,2-5H2,1H3. The molecule has 0 spiro atoms. The minimum Gasteiger partial charge on any atom is -0.271 e. The Morgan fingerprint density at radius 1 is 1.07 bits per heavy atom. The highest BCUT2D eigenvalue weighted by Gasteiger charge is 2.73. The van der Waals surface area contributed by atoms with Crippen molar-refractivity contribution in [3.05, 3.63) is 27.1 Å². The zero-order valence-electron chi connectivity index (χ0n) is 13.6. The second kappa shape index (κ2) is 11.3. The van der Waals surface area contributed by atoms with Crippen molar-refractivity contribution in [3.63, 3.8) is 0 Å². The van der Waals surface area contributed by atoms with E-state index in [0.29, 0.717) is 12.3 Å². The summed E-state index contributed by atoms with van der Waals surface area (Å²) in [5.74, 6) is 0.205. The van der Waals surface area contributed by atoms with E-state index in [0.717, 1.165) is 17.9 Å². The molecule has 0 saturated carbocycles. The Kier molecular flexibility index (Phi) is 11.4. The molecule has 14 heteroatoms. The van der Waals surface area contributed by atoms with Gasteiger partial charge in [-0.1, -0.05) is 38.8 Å². The van der Waals surface area contributed by atoms with Crippen LogP contribution in [0.5, 0.6) is 0 Å². The van der Waals surface area contributed by atoms with Gasteiger partial charge in [0.25, 0.3) is 0 Å². The van der Waals surface area contributed by atoms with Crippen LogP contribution in [0.4, 0.5) is 30.7 Å². The third-order valence-corrected chi connectivity index (χ3v) is 5.80. The van der Waals surface area contributed by atoms with Crippen LogP contribution in [-0.4, -0.2) is 39.6 Å². The Balaban J connectivity index is 0.000000713. The highest BCUT2D eigenvalue weighted by atomic mass is 79.9. The summed E-state index contributed by atoms with van der Waals surface area (Å²) in [6.07, 6.45) is -6.33. The van der Waals surface area contributed by atoms with Crippen molar-refractivity contribution in [2.24, 2.45) is 5.84 Å². The van der Waals surface area contributed by atoms with E-state index in [1.165, 1.54) is 6.07 Å². The molecule has 0 amide bonds. The molecule has 0 aliphatic carbocycles. The lowest BCUT2D eigenvalue weighted by atomic mass is 10.3. The topological polar surface area (TPSA) is 55.1 Å². The van der Waals surface area contributed by atoms with Crippen molar-refractivity contribution < 1.29 is 34.9 Å². The van der Waals surface area contributed by atoms with E-state index in [2.05, 4.69) is 37.3 Å². The number of rotatable bonds is 7. The molecule has 0 heterocycles. The van der Waals surface area contributed by atoms with Crippen LogP contribution in [0, 0.1) is 0 Å². The maximum Gasteiger partial charge on any atom is 0.460 e. The van der Waals surface area contributed by atoms with Crippen LogP contribution in [0.15, 0.2) is 32.0 Å². The Bertz CT molecular complexity index is 613. The van der Waals surface area contributed by atoms with Crippen LogP contribution >= 0.6 is 43.6 Å². The van der Waals surface area contributed by atoms with Gasteiger partial charge in [-0.15, -0.1) is 0 Å². The molecule has 0 saturated heterocycles. The van der Waals surface area contributed by atoms with Gasteiger partial charge in [-0.25, -0.2) is 0 Å². The van der Waals surface area contributed by atoms with Crippen LogP contribution in [0.3, 0.4) is 0 Å². The molecule has 158 valence electrons. The van der Waals surface area contributed by atoms with Crippen LogP contribution in [0.2, 0.25) is 0 Å². The van der Waals surface area contributed by atoms with Gasteiger partial charge in [-0.3, -0.25) is 15.5 Å². The first-order valence-corrected chi connectivity index (χ1v) is 10.8. The third-order valence-electron chi connectivity index (χ3n) is 2.60. The summed E-state index contributed by atoms with van der Waals surface area (Å²) < 4.78 is 98.5. The number of nitrogens with two attached hydrogens (primary N) is 1. The van der Waals surface area contributed by atoms with Gasteiger partial charge in [-0.05, 0) is 30.0 Å². The van der Waals surface area contributed by atoms with E-state index in [1.54, 1.807) is 0 Å². The van der Waals surface area contributed by atoms with Crippen LogP contribution in [-0.2, 0) is 10.8 Å². The molecule has 1 unspecified atom stereocenters. The summed E-state index contributed by atoms with van der Waals surface area (Å²) in [5, 5.41) is -5.31. The van der Waals surface area contributed by atoms with E-state index in [-0.39, 0.29) is 8.95 Å². The number of hydrazine groups is 1. The monoisotopic (exact) mass is 570 g/mol. The average Bonchev–Trinajstić information content (AvgIpc) is 2.50. The van der Waals surface area contributed by atoms with Gasteiger partial charge in [0.1, 0.15) is 0 Å². The van der Waals surface area contributed by atoms with E-state index in [9.17, 15) is 34.9 Å². The lowest BCUT2D eigenvalue weighted by molar-refractivity contribution is -0.330. The molecule has 0 radical (unpaired) electrons. The molecule has 3 N–H and O–H groups in total. The first-order valence-electron chi connectivity index (χ1n) is 6.93. The molecule has 0 bridgehead atoms. The fourth-order valence-corrected chi connectivity index (χ4v) is 4.42. The predicted octanol–water partition coefficient (Wildman–Crippen LogP) is 5.31. The number of nitrogens with one attached hydrogen (secondary N) is 1. The van der Waals surface area contributed by atoms with E-state index >= 15 is 0 Å². The lowest BCUT2D eigenvalue weighted by Gasteiger charge is -2.27. The highest BCUT2D eigenvalue weighted by molar-refractivity contribution is 9.11. The Labute approximate surface area is 174 Å². The first-order chi connectivity index (χ1) is 12.2. The van der Waals surface area contributed by atoms with E-state index < -0.39 is 44.8 Å². The summed E-state index contributed by atoms with van der Waals surface area (Å²) in [4.78, 5) is -0.435. The van der Waals surface area contributed by atoms with Crippen molar-refractivity contribution in [1.29, 1.82) is 0 Å². The fraction of sp³-hybridized carbons (Fsp3) is 0.538. The Morgan fingerprint density at radius 3 is 1.93 bits per heavy atom. The Morgan fingerprint density at radius 2 is 1.56 bits per heavy atom. The number of hydrogen-bond donors (Lipinski definition) is 2. The molecule has 1 aromatic rings. The molecule has 1 aromatic carbocycles. The quantitative estimate of drug-likeness (QED) is 0.201. The molecule has 0 fully saturated rings. The number of thioether (sulfide) groups is 1. The third kappa shape index (κ3) is 8.98. The fourth-order valence-electron chi connectivity index (χ4n) is 1.28. The van der Waals surface area contributed by atoms with Crippen molar-refractivity contribution in [2.75, 3.05) is 18.1 Å². The van der Waals surface area contributed by atoms with Crippen molar-refractivity contribution >= 4 is 54.4 Å². The number of benzene rings is 1. The van der Waals surface area contributed by atoms with Crippen molar-refractivity contribution in [3.8, 4) is 0 Å². The number of alkyl halides is 7. The van der Waals surface area contributed by atoms with Crippen LogP contribution < -0.4 is 11.3 Å². The molecular weight excluding hydrogens is 557 g/mol. The lowest BCUT2D eigenvalue weighted by Crippen LogP contribution is -2.49. The summed E-state index contributed by atoms with van der Waals surface area (Å²) in [7, 11) is -0.669. The first kappa shape index (κ1) is 27.1. The van der Waals surface area contributed by atoms with Gasteiger partial charge in [0.05, 0.1) is 0 Å². The normalized spacial score (nSPS) is 13.7.